The summed E-state index contributed by atoms with van der Waals surface area (Å²) in [5.41, 5.74) is 7.62. The molecule has 0 saturated carbocycles. The van der Waals surface area contributed by atoms with Gasteiger partial charge in [0.1, 0.15) is 5.75 Å². The Bertz CT molecular complexity index is 276. The van der Waals surface area contributed by atoms with Gasteiger partial charge >= 0.3 is 0 Å². The summed E-state index contributed by atoms with van der Waals surface area (Å²) in [4.78, 5) is 0. The molecule has 1 aromatic carbocycles. The van der Waals surface area contributed by atoms with E-state index in [1.807, 2.05) is 25.1 Å². The van der Waals surface area contributed by atoms with Crippen LogP contribution in [0, 0.1) is 6.92 Å². The SMILES string of the molecule is Cc1ccc(N)c(OP(C)C)c1.P. The molecule has 13 heavy (non-hydrogen) atoms. The third kappa shape index (κ3) is 3.93. The Morgan fingerprint density at radius 1 is 1.31 bits per heavy atom. The molecule has 0 aliphatic carbocycles. The van der Waals surface area contributed by atoms with Gasteiger partial charge in [0.25, 0.3) is 0 Å². The predicted octanol–water partition coefficient (Wildman–Crippen LogP) is 2.67. The van der Waals surface area contributed by atoms with Crippen molar-refractivity contribution in [3.05, 3.63) is 23.8 Å². The summed E-state index contributed by atoms with van der Waals surface area (Å²) in [7, 11) is -0.385. The first-order valence-corrected chi connectivity index (χ1v) is 5.96. The van der Waals surface area contributed by atoms with Gasteiger partial charge in [0.05, 0.1) is 13.8 Å². The summed E-state index contributed by atoms with van der Waals surface area (Å²) < 4.78 is 5.57. The summed E-state index contributed by atoms with van der Waals surface area (Å²) in [6.45, 7) is 6.13. The van der Waals surface area contributed by atoms with Gasteiger partial charge in [-0.3, -0.25) is 0 Å². The third-order valence-corrected chi connectivity index (χ3v) is 2.01. The van der Waals surface area contributed by atoms with Crippen molar-refractivity contribution in [2.45, 2.75) is 6.92 Å². The maximum absolute atomic E-state index is 5.72. The molecule has 0 radical (unpaired) electrons. The first-order valence-electron chi connectivity index (χ1n) is 3.81. The van der Waals surface area contributed by atoms with E-state index in [0.717, 1.165) is 11.4 Å². The lowest BCUT2D eigenvalue weighted by Gasteiger charge is -2.11. The second-order valence-corrected chi connectivity index (χ2v) is 4.75. The van der Waals surface area contributed by atoms with Crippen LogP contribution in [0.1, 0.15) is 5.56 Å². The van der Waals surface area contributed by atoms with E-state index in [4.69, 9.17) is 10.3 Å². The van der Waals surface area contributed by atoms with Gasteiger partial charge in [-0.05, 0) is 37.9 Å². The zero-order valence-electron chi connectivity index (χ0n) is 8.37. The zero-order chi connectivity index (χ0) is 9.14. The zero-order valence-corrected chi connectivity index (χ0v) is 10.7. The van der Waals surface area contributed by atoms with Gasteiger partial charge in [0.2, 0.25) is 0 Å². The van der Waals surface area contributed by atoms with Crippen LogP contribution in [0.15, 0.2) is 18.2 Å². The van der Waals surface area contributed by atoms with Gasteiger partial charge in [-0.25, -0.2) is 0 Å². The summed E-state index contributed by atoms with van der Waals surface area (Å²) in [5, 5.41) is 0. The van der Waals surface area contributed by atoms with Crippen molar-refractivity contribution < 1.29 is 4.52 Å². The second kappa shape index (κ2) is 5.42. The van der Waals surface area contributed by atoms with Crippen LogP contribution in [0.2, 0.25) is 0 Å². The predicted molar refractivity (Wildman–Crippen MR) is 66.1 cm³/mol. The molecule has 0 saturated heterocycles. The van der Waals surface area contributed by atoms with Crippen molar-refractivity contribution in [3.8, 4) is 5.75 Å². The van der Waals surface area contributed by atoms with Gasteiger partial charge < -0.3 is 10.3 Å². The summed E-state index contributed by atoms with van der Waals surface area (Å²) in [5.74, 6) is 0.811. The molecule has 1 unspecified atom stereocenters. The molecular weight excluding hydrogens is 200 g/mol. The molecule has 0 aliphatic heterocycles. The molecule has 1 aromatic rings. The van der Waals surface area contributed by atoms with Crippen molar-refractivity contribution in [1.29, 1.82) is 0 Å². The quantitative estimate of drug-likeness (QED) is 0.610. The second-order valence-electron chi connectivity index (χ2n) is 2.94. The molecule has 0 bridgehead atoms. The van der Waals surface area contributed by atoms with E-state index >= 15 is 0 Å². The Kier molecular flexibility index (Phi) is 5.29. The molecule has 74 valence electrons. The highest BCUT2D eigenvalue weighted by Crippen LogP contribution is 2.34. The summed E-state index contributed by atoms with van der Waals surface area (Å²) in [6, 6.07) is 5.83. The van der Waals surface area contributed by atoms with Crippen LogP contribution in [0.4, 0.5) is 5.69 Å². The third-order valence-electron chi connectivity index (χ3n) is 1.45. The molecule has 4 heteroatoms. The van der Waals surface area contributed by atoms with Crippen molar-refractivity contribution in [1.82, 2.24) is 0 Å². The lowest BCUT2D eigenvalue weighted by atomic mass is 10.2. The van der Waals surface area contributed by atoms with Crippen LogP contribution in [0.3, 0.4) is 0 Å². The van der Waals surface area contributed by atoms with E-state index < -0.39 is 0 Å². The largest absolute Gasteiger partial charge is 0.472 e. The molecule has 0 spiro atoms. The van der Waals surface area contributed by atoms with Crippen molar-refractivity contribution in [2.75, 3.05) is 19.1 Å². The minimum absolute atomic E-state index is 0. The average Bonchev–Trinajstić information content (AvgIpc) is 1.96. The number of nitrogens with two attached hydrogens (primary N) is 1. The highest BCUT2D eigenvalue weighted by atomic mass is 31.1. The Hall–Kier alpha value is -0.320. The fourth-order valence-corrected chi connectivity index (χ4v) is 1.47. The molecule has 1 atom stereocenters. The summed E-state index contributed by atoms with van der Waals surface area (Å²) >= 11 is 0. The highest BCUT2D eigenvalue weighted by molar-refractivity contribution is 7.51. The van der Waals surface area contributed by atoms with Crippen LogP contribution in [-0.4, -0.2) is 13.3 Å². The monoisotopic (exact) mass is 217 g/mol. The molecule has 0 heterocycles. The number of nitrogen functional groups attached to an aromatic ring is 1. The lowest BCUT2D eigenvalue weighted by molar-refractivity contribution is 0.625. The van der Waals surface area contributed by atoms with E-state index in [-0.39, 0.29) is 18.0 Å². The first kappa shape index (κ1) is 12.7. The van der Waals surface area contributed by atoms with Crippen LogP contribution < -0.4 is 10.3 Å². The Balaban J connectivity index is 0.00000144. The minimum atomic E-state index is -0.385. The van der Waals surface area contributed by atoms with Crippen LogP contribution >= 0.6 is 18.0 Å². The molecule has 0 aliphatic rings. The topological polar surface area (TPSA) is 35.2 Å². The maximum Gasteiger partial charge on any atom is 0.146 e. The maximum atomic E-state index is 5.72. The normalized spacial score (nSPS) is 9.54. The Labute approximate surface area is 84.3 Å². The smallest absolute Gasteiger partial charge is 0.146 e. The van der Waals surface area contributed by atoms with E-state index in [1.54, 1.807) is 0 Å². The van der Waals surface area contributed by atoms with E-state index in [1.165, 1.54) is 5.56 Å². The van der Waals surface area contributed by atoms with Crippen molar-refractivity contribution >= 4 is 23.7 Å². The van der Waals surface area contributed by atoms with Gasteiger partial charge in [-0.1, -0.05) is 6.07 Å². The first-order chi connectivity index (χ1) is 5.59. The van der Waals surface area contributed by atoms with Gasteiger partial charge in [0.15, 0.2) is 0 Å². The number of hydrogen-bond acceptors (Lipinski definition) is 2. The average molecular weight is 217 g/mol. The number of aryl methyl sites for hydroxylation is 1. The fourth-order valence-electron chi connectivity index (χ4n) is 0.917. The van der Waals surface area contributed by atoms with Crippen LogP contribution in [0.25, 0.3) is 0 Å². The molecule has 1 rings (SSSR count). The molecule has 0 fully saturated rings. The summed E-state index contributed by atoms with van der Waals surface area (Å²) in [6.07, 6.45) is 0. The molecule has 2 N–H and O–H groups in total. The fraction of sp³-hybridized carbons (Fsp3) is 0.333. The number of anilines is 1. The number of rotatable bonds is 2. The van der Waals surface area contributed by atoms with Crippen molar-refractivity contribution in [3.63, 3.8) is 0 Å². The van der Waals surface area contributed by atoms with E-state index in [9.17, 15) is 0 Å². The number of hydrogen-bond donors (Lipinski definition) is 1. The molecule has 0 amide bonds. The number of benzene rings is 1. The van der Waals surface area contributed by atoms with E-state index in [2.05, 4.69) is 13.3 Å². The van der Waals surface area contributed by atoms with Gasteiger partial charge in [-0.2, -0.15) is 9.90 Å². The van der Waals surface area contributed by atoms with Crippen molar-refractivity contribution in [2.24, 2.45) is 0 Å². The highest BCUT2D eigenvalue weighted by Gasteiger charge is 2.01. The minimum Gasteiger partial charge on any atom is -0.472 e. The van der Waals surface area contributed by atoms with Gasteiger partial charge in [0, 0.05) is 0 Å². The van der Waals surface area contributed by atoms with Crippen LogP contribution in [0.5, 0.6) is 5.75 Å². The van der Waals surface area contributed by atoms with Gasteiger partial charge in [-0.15, -0.1) is 0 Å². The molecule has 0 aromatic heterocycles. The molecular formula is C9H17NOP2. The lowest BCUT2D eigenvalue weighted by Crippen LogP contribution is -1.92. The van der Waals surface area contributed by atoms with E-state index in [0.29, 0.717) is 0 Å². The van der Waals surface area contributed by atoms with Crippen LogP contribution in [-0.2, 0) is 0 Å². The Morgan fingerprint density at radius 3 is 2.46 bits per heavy atom. The standard InChI is InChI=1S/C9H14NOP.H3P/c1-7-4-5-8(10)9(6-7)11-12(2)3;/h4-6H,10H2,1-3H3;1H3. The molecule has 2 nitrogen and oxygen atoms in total. The Morgan fingerprint density at radius 2 is 1.92 bits per heavy atom.